The Labute approximate surface area is 105 Å². The number of hydrogen-bond donors (Lipinski definition) is 2. The first kappa shape index (κ1) is 12.5. The normalized spacial score (nSPS) is 25.8. The zero-order valence-electron chi connectivity index (χ0n) is 9.76. The smallest absolute Gasteiger partial charge is 0.249 e. The average Bonchev–Trinajstić information content (AvgIpc) is 2.95. The summed E-state index contributed by atoms with van der Waals surface area (Å²) in [6, 6.07) is 1.86. The van der Waals surface area contributed by atoms with Crippen LogP contribution in [0.3, 0.4) is 0 Å². The van der Waals surface area contributed by atoms with Crippen LogP contribution in [0, 0.1) is 5.92 Å². The van der Waals surface area contributed by atoms with Gasteiger partial charge in [0.25, 0.3) is 0 Å². The van der Waals surface area contributed by atoms with Gasteiger partial charge in [-0.05, 0) is 34.7 Å². The van der Waals surface area contributed by atoms with Crippen LogP contribution in [0.4, 0.5) is 0 Å². The lowest BCUT2D eigenvalue weighted by atomic mass is 10.0. The van der Waals surface area contributed by atoms with Crippen molar-refractivity contribution in [3.63, 3.8) is 0 Å². The molecule has 1 aliphatic rings. The lowest BCUT2D eigenvalue weighted by Crippen LogP contribution is -2.39. The molecule has 1 saturated heterocycles. The van der Waals surface area contributed by atoms with E-state index in [0.29, 0.717) is 6.61 Å². The summed E-state index contributed by atoms with van der Waals surface area (Å²) in [5.74, 6) is 0.137. The quantitative estimate of drug-likeness (QED) is 0.853. The lowest BCUT2D eigenvalue weighted by Gasteiger charge is -2.16. The van der Waals surface area contributed by atoms with Gasteiger partial charge in [0.2, 0.25) is 5.91 Å². The van der Waals surface area contributed by atoms with E-state index in [-0.39, 0.29) is 24.5 Å². The number of amides is 1. The summed E-state index contributed by atoms with van der Waals surface area (Å²) in [6.45, 7) is 2.89. The van der Waals surface area contributed by atoms with Gasteiger partial charge in [0.15, 0.2) is 0 Å². The summed E-state index contributed by atoms with van der Waals surface area (Å²) in [5.41, 5.74) is 0.843. The van der Waals surface area contributed by atoms with Crippen molar-refractivity contribution >= 4 is 17.2 Å². The van der Waals surface area contributed by atoms with Gasteiger partial charge in [-0.25, -0.2) is 0 Å². The Morgan fingerprint density at radius 1 is 1.76 bits per heavy atom. The molecule has 2 N–H and O–H groups in total. The van der Waals surface area contributed by atoms with Crippen LogP contribution >= 0.6 is 11.3 Å². The van der Waals surface area contributed by atoms with E-state index in [1.54, 1.807) is 0 Å². The van der Waals surface area contributed by atoms with E-state index in [0.717, 1.165) is 12.0 Å². The highest BCUT2D eigenvalue weighted by Crippen LogP contribution is 2.20. The van der Waals surface area contributed by atoms with Gasteiger partial charge in [0.05, 0.1) is 6.10 Å². The second-order valence-electron chi connectivity index (χ2n) is 4.37. The zero-order chi connectivity index (χ0) is 12.3. The number of aliphatic hydroxyl groups excluding tert-OH is 1. The van der Waals surface area contributed by atoms with Crippen molar-refractivity contribution < 1.29 is 14.6 Å². The highest BCUT2D eigenvalue weighted by atomic mass is 32.1. The molecule has 1 aromatic rings. The first-order valence-electron chi connectivity index (χ1n) is 5.78. The van der Waals surface area contributed by atoms with E-state index < -0.39 is 6.10 Å². The maximum atomic E-state index is 11.8. The average molecular weight is 255 g/mol. The fourth-order valence-corrected chi connectivity index (χ4v) is 2.62. The third-order valence-electron chi connectivity index (χ3n) is 3.04. The van der Waals surface area contributed by atoms with Gasteiger partial charge in [-0.3, -0.25) is 4.79 Å². The monoisotopic (exact) mass is 255 g/mol. The van der Waals surface area contributed by atoms with Crippen molar-refractivity contribution in [2.45, 2.75) is 25.6 Å². The predicted octanol–water partition coefficient (Wildman–Crippen LogP) is 1.32. The molecule has 94 valence electrons. The van der Waals surface area contributed by atoms with Gasteiger partial charge >= 0.3 is 0 Å². The second-order valence-corrected chi connectivity index (χ2v) is 5.16. The van der Waals surface area contributed by atoms with Gasteiger partial charge < -0.3 is 15.2 Å². The molecule has 0 radical (unpaired) electrons. The van der Waals surface area contributed by atoms with Crippen molar-refractivity contribution in [1.82, 2.24) is 5.32 Å². The maximum Gasteiger partial charge on any atom is 0.249 e. The summed E-state index contributed by atoms with van der Waals surface area (Å²) in [4.78, 5) is 11.8. The van der Waals surface area contributed by atoms with Crippen LogP contribution < -0.4 is 5.32 Å². The Hall–Kier alpha value is -0.910. The number of thiophene rings is 1. The maximum absolute atomic E-state index is 11.8. The molecule has 1 amide bonds. The van der Waals surface area contributed by atoms with Gasteiger partial charge in [-0.2, -0.15) is 11.3 Å². The minimum absolute atomic E-state index is 0.121. The molecule has 17 heavy (non-hydrogen) atoms. The molecule has 0 aliphatic carbocycles. The molecule has 1 aliphatic heterocycles. The molecule has 0 saturated carbocycles. The fourth-order valence-electron chi connectivity index (χ4n) is 1.91. The number of aliphatic hydroxyl groups is 1. The van der Waals surface area contributed by atoms with E-state index in [9.17, 15) is 9.90 Å². The van der Waals surface area contributed by atoms with Crippen molar-refractivity contribution in [3.05, 3.63) is 22.4 Å². The van der Waals surface area contributed by atoms with E-state index in [2.05, 4.69) is 5.32 Å². The number of hydrogen-bond acceptors (Lipinski definition) is 4. The highest BCUT2D eigenvalue weighted by molar-refractivity contribution is 7.07. The van der Waals surface area contributed by atoms with E-state index in [1.807, 2.05) is 23.8 Å². The van der Waals surface area contributed by atoms with Gasteiger partial charge in [0.1, 0.15) is 6.10 Å². The van der Waals surface area contributed by atoms with Crippen LogP contribution in [0.15, 0.2) is 16.8 Å². The third kappa shape index (κ3) is 3.06. The molecule has 1 fully saturated rings. The van der Waals surface area contributed by atoms with E-state index in [4.69, 9.17) is 4.74 Å². The number of rotatable bonds is 4. The van der Waals surface area contributed by atoms with Crippen LogP contribution in [0.1, 0.15) is 25.0 Å². The molecule has 4 nitrogen and oxygen atoms in total. The summed E-state index contributed by atoms with van der Waals surface area (Å²) in [7, 11) is 0. The molecular weight excluding hydrogens is 238 g/mol. The Bertz CT molecular complexity index is 366. The molecule has 2 rings (SSSR count). The van der Waals surface area contributed by atoms with E-state index in [1.165, 1.54) is 11.3 Å². The summed E-state index contributed by atoms with van der Waals surface area (Å²) in [5, 5.41) is 16.3. The first-order valence-corrected chi connectivity index (χ1v) is 6.72. The second kappa shape index (κ2) is 5.62. The minimum atomic E-state index is -0.637. The van der Waals surface area contributed by atoms with Crippen LogP contribution in [0.25, 0.3) is 0 Å². The van der Waals surface area contributed by atoms with Gasteiger partial charge in [0, 0.05) is 13.2 Å². The van der Waals surface area contributed by atoms with Crippen molar-refractivity contribution in [2.75, 3.05) is 13.2 Å². The van der Waals surface area contributed by atoms with Gasteiger partial charge in [-0.1, -0.05) is 6.92 Å². The Morgan fingerprint density at radius 2 is 2.59 bits per heavy atom. The number of carbonyl (C=O) groups is 1. The lowest BCUT2D eigenvalue weighted by molar-refractivity contribution is -0.131. The van der Waals surface area contributed by atoms with Gasteiger partial charge in [-0.15, -0.1) is 0 Å². The number of nitrogens with one attached hydrogen (secondary N) is 1. The molecule has 0 aromatic carbocycles. The molecular formula is C12H17NO3S. The minimum Gasteiger partial charge on any atom is -0.387 e. The van der Waals surface area contributed by atoms with Crippen molar-refractivity contribution in [1.29, 1.82) is 0 Å². The van der Waals surface area contributed by atoms with Crippen LogP contribution in [-0.2, 0) is 9.53 Å². The molecule has 2 heterocycles. The molecule has 1 aromatic heterocycles. The Balaban J connectivity index is 1.80. The Morgan fingerprint density at radius 3 is 3.18 bits per heavy atom. The largest absolute Gasteiger partial charge is 0.387 e. The predicted molar refractivity (Wildman–Crippen MR) is 65.8 cm³/mol. The third-order valence-corrected chi connectivity index (χ3v) is 3.74. The first-order chi connectivity index (χ1) is 8.18. The molecule has 0 bridgehead atoms. The highest BCUT2D eigenvalue weighted by Gasteiger charge is 2.30. The van der Waals surface area contributed by atoms with Crippen molar-refractivity contribution in [2.24, 2.45) is 5.92 Å². The zero-order valence-corrected chi connectivity index (χ0v) is 10.6. The topological polar surface area (TPSA) is 58.6 Å². The summed E-state index contributed by atoms with van der Waals surface area (Å²) < 4.78 is 5.36. The standard InChI is InChI=1S/C12H17NO3S/c1-8-2-4-16-11(8)12(15)13-6-10(14)9-3-5-17-7-9/h3,5,7-8,10-11,14H,2,4,6H2,1H3,(H,13,15). The number of carbonyl (C=O) groups excluding carboxylic acids is 1. The molecule has 0 spiro atoms. The summed E-state index contributed by atoms with van der Waals surface area (Å²) >= 11 is 1.53. The fraction of sp³-hybridized carbons (Fsp3) is 0.583. The van der Waals surface area contributed by atoms with Crippen LogP contribution in [-0.4, -0.2) is 30.3 Å². The molecule has 3 atom stereocenters. The van der Waals surface area contributed by atoms with E-state index >= 15 is 0 Å². The molecule has 5 heteroatoms. The SMILES string of the molecule is CC1CCOC1C(=O)NCC(O)c1ccsc1. The molecule has 3 unspecified atom stereocenters. The van der Waals surface area contributed by atoms with Crippen molar-refractivity contribution in [3.8, 4) is 0 Å². The Kier molecular flexibility index (Phi) is 4.15. The summed E-state index contributed by atoms with van der Waals surface area (Å²) in [6.07, 6.45) is -0.0721. The number of ether oxygens (including phenoxy) is 1. The van der Waals surface area contributed by atoms with Crippen LogP contribution in [0.2, 0.25) is 0 Å². The van der Waals surface area contributed by atoms with Crippen LogP contribution in [0.5, 0.6) is 0 Å².